The molecule has 9 aromatic rings. The summed E-state index contributed by atoms with van der Waals surface area (Å²) in [6.45, 7) is 0. The van der Waals surface area contributed by atoms with Gasteiger partial charge in [-0.15, -0.1) is 0 Å². The Morgan fingerprint density at radius 2 is 1.02 bits per heavy atom. The fourth-order valence-corrected chi connectivity index (χ4v) is 6.36. The Balaban J connectivity index is 1.33. The molecule has 0 radical (unpaired) electrons. The highest BCUT2D eigenvalue weighted by Crippen LogP contribution is 2.43. The maximum Gasteiger partial charge on any atom is 0.164 e. The summed E-state index contributed by atoms with van der Waals surface area (Å²) in [5.74, 6) is 1.86. The topological polar surface area (TPSA) is 51.8 Å². The lowest BCUT2D eigenvalue weighted by molar-refractivity contribution is 0.670. The number of benzene rings is 7. The van der Waals surface area contributed by atoms with Gasteiger partial charge in [0.1, 0.15) is 11.2 Å². The fourth-order valence-electron chi connectivity index (χ4n) is 6.36. The van der Waals surface area contributed by atoms with Gasteiger partial charge < -0.3 is 4.42 Å². The van der Waals surface area contributed by atoms with Gasteiger partial charge in [0, 0.05) is 33.0 Å². The van der Waals surface area contributed by atoms with Crippen LogP contribution in [0.4, 0.5) is 0 Å². The molecule has 0 N–H and O–H groups in total. The van der Waals surface area contributed by atoms with E-state index in [0.29, 0.717) is 17.5 Å². The first-order valence-electron chi connectivity index (χ1n) is 15.0. The summed E-state index contributed by atoms with van der Waals surface area (Å²) in [6, 6.07) is 52.2. The minimum absolute atomic E-state index is 0.605. The number of nitrogens with zero attached hydrogens (tertiary/aromatic N) is 3. The predicted octanol–water partition coefficient (Wildman–Crippen LogP) is 10.7. The van der Waals surface area contributed by atoms with E-state index in [0.717, 1.165) is 55.1 Å². The molecule has 0 saturated carbocycles. The molecule has 4 heteroatoms. The van der Waals surface area contributed by atoms with Gasteiger partial charge in [0.05, 0.1) is 0 Å². The number of rotatable bonds is 4. The van der Waals surface area contributed by atoms with E-state index in [9.17, 15) is 0 Å². The van der Waals surface area contributed by atoms with Crippen molar-refractivity contribution in [3.05, 3.63) is 152 Å². The van der Waals surface area contributed by atoms with Crippen molar-refractivity contribution in [1.82, 2.24) is 15.0 Å². The SMILES string of the molecule is c1ccc(-c2nc(-c3ccc4ccccc4c3)nc(-c3ccc(-c4cccc5ccccc45)c4oc5ccccc5c34)n2)cc1. The molecule has 0 atom stereocenters. The van der Waals surface area contributed by atoms with E-state index < -0.39 is 0 Å². The van der Waals surface area contributed by atoms with Gasteiger partial charge >= 0.3 is 0 Å². The first-order valence-corrected chi connectivity index (χ1v) is 15.0. The van der Waals surface area contributed by atoms with Gasteiger partial charge in [0.2, 0.25) is 0 Å². The highest BCUT2D eigenvalue weighted by Gasteiger charge is 2.21. The van der Waals surface area contributed by atoms with Crippen molar-refractivity contribution in [2.24, 2.45) is 0 Å². The van der Waals surface area contributed by atoms with Gasteiger partial charge in [-0.1, -0.05) is 127 Å². The number of para-hydroxylation sites is 1. The molecule has 0 bridgehead atoms. The molecule has 0 fully saturated rings. The zero-order chi connectivity index (χ0) is 29.7. The van der Waals surface area contributed by atoms with E-state index in [1.54, 1.807) is 0 Å². The van der Waals surface area contributed by atoms with E-state index in [4.69, 9.17) is 19.4 Å². The second-order valence-corrected chi connectivity index (χ2v) is 11.2. The van der Waals surface area contributed by atoms with Crippen LogP contribution in [-0.2, 0) is 0 Å². The summed E-state index contributed by atoms with van der Waals surface area (Å²) in [5, 5.41) is 6.70. The smallest absolute Gasteiger partial charge is 0.164 e. The van der Waals surface area contributed by atoms with Gasteiger partial charge in [-0.25, -0.2) is 15.0 Å². The quantitative estimate of drug-likeness (QED) is 0.209. The van der Waals surface area contributed by atoms with Crippen molar-refractivity contribution in [2.75, 3.05) is 0 Å². The van der Waals surface area contributed by atoms with Crippen LogP contribution in [0.3, 0.4) is 0 Å². The Labute approximate surface area is 259 Å². The zero-order valence-electron chi connectivity index (χ0n) is 24.2. The van der Waals surface area contributed by atoms with E-state index in [2.05, 4.69) is 109 Å². The lowest BCUT2D eigenvalue weighted by Crippen LogP contribution is -2.00. The Morgan fingerprint density at radius 3 is 1.89 bits per heavy atom. The number of aromatic nitrogens is 3. The van der Waals surface area contributed by atoms with Crippen molar-refractivity contribution in [1.29, 1.82) is 0 Å². The molecule has 0 aliphatic carbocycles. The van der Waals surface area contributed by atoms with Gasteiger partial charge in [0.25, 0.3) is 0 Å². The highest BCUT2D eigenvalue weighted by atomic mass is 16.3. The summed E-state index contributed by atoms with van der Waals surface area (Å²) in [7, 11) is 0. The van der Waals surface area contributed by atoms with Gasteiger partial charge in [-0.3, -0.25) is 0 Å². The first-order chi connectivity index (χ1) is 22.3. The molecule has 4 nitrogen and oxygen atoms in total. The molecule has 2 heterocycles. The summed E-state index contributed by atoms with van der Waals surface area (Å²) in [4.78, 5) is 15.2. The van der Waals surface area contributed by atoms with Gasteiger partial charge in [0.15, 0.2) is 17.5 Å². The average Bonchev–Trinajstić information content (AvgIpc) is 3.51. The Morgan fingerprint density at radius 1 is 0.378 bits per heavy atom. The summed E-state index contributed by atoms with van der Waals surface area (Å²) < 4.78 is 6.66. The van der Waals surface area contributed by atoms with Crippen LogP contribution >= 0.6 is 0 Å². The highest BCUT2D eigenvalue weighted by molar-refractivity contribution is 6.17. The molecule has 0 saturated heterocycles. The maximum absolute atomic E-state index is 6.66. The minimum atomic E-state index is 0.605. The molecule has 0 aliphatic rings. The van der Waals surface area contributed by atoms with Crippen LogP contribution in [0.5, 0.6) is 0 Å². The molecular formula is C41H25N3O. The van der Waals surface area contributed by atoms with Gasteiger partial charge in [-0.05, 0) is 51.4 Å². The van der Waals surface area contributed by atoms with Crippen LogP contribution in [0.2, 0.25) is 0 Å². The lowest BCUT2D eigenvalue weighted by Gasteiger charge is -2.12. The normalized spacial score (nSPS) is 11.6. The molecule has 0 spiro atoms. The Kier molecular flexibility index (Phi) is 5.78. The minimum Gasteiger partial charge on any atom is -0.455 e. The molecule has 9 rings (SSSR count). The lowest BCUT2D eigenvalue weighted by atomic mass is 9.94. The molecule has 0 unspecified atom stereocenters. The standard InChI is InChI=1S/C41H25N3O/c1-2-13-28(14-3-1)39-42-40(30-22-21-26-11-4-5-15-29(26)25-30)44-41(43-39)35-24-23-33(32-19-10-16-27-12-6-7-17-31(27)32)38-37(35)34-18-8-9-20-36(34)45-38/h1-25H. The number of hydrogen-bond acceptors (Lipinski definition) is 4. The third-order valence-electron chi connectivity index (χ3n) is 8.52. The third kappa shape index (κ3) is 4.27. The number of furan rings is 1. The van der Waals surface area contributed by atoms with Crippen molar-refractivity contribution in [3.8, 4) is 45.3 Å². The van der Waals surface area contributed by atoms with Crippen LogP contribution in [0.1, 0.15) is 0 Å². The first kappa shape index (κ1) is 25.4. The van der Waals surface area contributed by atoms with E-state index in [1.165, 1.54) is 16.2 Å². The largest absolute Gasteiger partial charge is 0.455 e. The van der Waals surface area contributed by atoms with Crippen LogP contribution in [-0.4, -0.2) is 15.0 Å². The molecule has 45 heavy (non-hydrogen) atoms. The Hall–Kier alpha value is -6.13. The fraction of sp³-hybridized carbons (Fsp3) is 0. The molecular weight excluding hydrogens is 550 g/mol. The number of hydrogen-bond donors (Lipinski definition) is 0. The second-order valence-electron chi connectivity index (χ2n) is 11.2. The predicted molar refractivity (Wildman–Crippen MR) is 184 cm³/mol. The van der Waals surface area contributed by atoms with Crippen molar-refractivity contribution < 1.29 is 4.42 Å². The van der Waals surface area contributed by atoms with Crippen molar-refractivity contribution in [2.45, 2.75) is 0 Å². The second kappa shape index (κ2) is 10.2. The van der Waals surface area contributed by atoms with E-state index in [1.807, 2.05) is 42.5 Å². The molecule has 0 amide bonds. The molecule has 7 aromatic carbocycles. The molecule has 2 aromatic heterocycles. The zero-order valence-corrected chi connectivity index (χ0v) is 24.2. The van der Waals surface area contributed by atoms with E-state index in [-0.39, 0.29) is 0 Å². The summed E-state index contributed by atoms with van der Waals surface area (Å²) in [5.41, 5.74) is 6.59. The monoisotopic (exact) mass is 575 g/mol. The summed E-state index contributed by atoms with van der Waals surface area (Å²) >= 11 is 0. The maximum atomic E-state index is 6.66. The average molecular weight is 576 g/mol. The Bertz CT molecular complexity index is 2540. The van der Waals surface area contributed by atoms with E-state index >= 15 is 0 Å². The van der Waals surface area contributed by atoms with Crippen LogP contribution in [0.15, 0.2) is 156 Å². The van der Waals surface area contributed by atoms with Gasteiger partial charge in [-0.2, -0.15) is 0 Å². The summed E-state index contributed by atoms with van der Waals surface area (Å²) in [6.07, 6.45) is 0. The molecule has 210 valence electrons. The third-order valence-corrected chi connectivity index (χ3v) is 8.52. The van der Waals surface area contributed by atoms with Crippen LogP contribution in [0, 0.1) is 0 Å². The van der Waals surface area contributed by atoms with Crippen LogP contribution in [0.25, 0.3) is 88.8 Å². The van der Waals surface area contributed by atoms with Crippen molar-refractivity contribution >= 4 is 43.5 Å². The van der Waals surface area contributed by atoms with Crippen molar-refractivity contribution in [3.63, 3.8) is 0 Å². The van der Waals surface area contributed by atoms with Crippen LogP contribution < -0.4 is 0 Å². The number of fused-ring (bicyclic) bond motifs is 5. The molecule has 0 aliphatic heterocycles.